The van der Waals surface area contributed by atoms with Gasteiger partial charge < -0.3 is 9.84 Å². The van der Waals surface area contributed by atoms with Crippen LogP contribution < -0.4 is 4.74 Å². The van der Waals surface area contributed by atoms with E-state index in [4.69, 9.17) is 4.74 Å². The van der Waals surface area contributed by atoms with E-state index in [2.05, 4.69) is 4.98 Å². The van der Waals surface area contributed by atoms with E-state index in [1.165, 1.54) is 22.5 Å². The summed E-state index contributed by atoms with van der Waals surface area (Å²) in [7, 11) is -2.12. The summed E-state index contributed by atoms with van der Waals surface area (Å²) in [6.45, 7) is 0.974. The first-order chi connectivity index (χ1) is 14.9. The predicted molar refractivity (Wildman–Crippen MR) is 118 cm³/mol. The maximum absolute atomic E-state index is 13.2. The molecule has 1 fully saturated rings. The van der Waals surface area contributed by atoms with Crippen LogP contribution in [0.2, 0.25) is 0 Å². The van der Waals surface area contributed by atoms with Gasteiger partial charge in [-0.25, -0.2) is 18.2 Å². The number of sulfonamides is 1. The minimum Gasteiger partial charge on any atom is -0.497 e. The quantitative estimate of drug-likeness (QED) is 0.639. The number of fused-ring (bicyclic) bond motifs is 1. The van der Waals surface area contributed by atoms with Crippen LogP contribution in [0.4, 0.5) is 0 Å². The van der Waals surface area contributed by atoms with E-state index in [0.29, 0.717) is 35.4 Å². The first-order valence-electron chi connectivity index (χ1n) is 10.2. The van der Waals surface area contributed by atoms with E-state index in [9.17, 15) is 18.3 Å². The van der Waals surface area contributed by atoms with Crippen molar-refractivity contribution in [2.24, 2.45) is 0 Å². The summed E-state index contributed by atoms with van der Waals surface area (Å²) in [5.41, 5.74) is 1.69. The fraction of sp³-hybridized carbons (Fsp3) is 0.304. The first-order valence-corrected chi connectivity index (χ1v) is 11.7. The van der Waals surface area contributed by atoms with Gasteiger partial charge >= 0.3 is 5.97 Å². The lowest BCUT2D eigenvalue weighted by molar-refractivity contribution is 0.0699. The summed E-state index contributed by atoms with van der Waals surface area (Å²) in [5.74, 6) is -0.446. The molecule has 0 radical (unpaired) electrons. The standard InChI is InChI=1S/C23H24N2O5S/c1-30-17-8-6-16(7-9-17)22-15-20(23(26)27)19-14-18(10-11-21(19)24-22)31(28,29)25-12-4-2-3-5-13-25/h6-11,14-15H,2-5,12-13H2,1H3,(H,26,27). The molecular weight excluding hydrogens is 416 g/mol. The van der Waals surface area contributed by atoms with Crippen molar-refractivity contribution in [2.75, 3.05) is 20.2 Å². The maximum Gasteiger partial charge on any atom is 0.336 e. The molecule has 2 aromatic carbocycles. The normalized spacial score (nSPS) is 15.5. The third-order valence-corrected chi connectivity index (χ3v) is 7.49. The number of hydrogen-bond acceptors (Lipinski definition) is 5. The lowest BCUT2D eigenvalue weighted by atomic mass is 10.0. The van der Waals surface area contributed by atoms with Crippen LogP contribution in [0.25, 0.3) is 22.2 Å². The Morgan fingerprint density at radius 1 is 1.00 bits per heavy atom. The van der Waals surface area contributed by atoms with Gasteiger partial charge in [-0.3, -0.25) is 0 Å². The van der Waals surface area contributed by atoms with Gasteiger partial charge in [-0.05, 0) is 61.4 Å². The molecule has 0 atom stereocenters. The molecule has 0 amide bonds. The highest BCUT2D eigenvalue weighted by atomic mass is 32.2. The molecule has 7 nitrogen and oxygen atoms in total. The van der Waals surface area contributed by atoms with Crippen molar-refractivity contribution in [1.29, 1.82) is 0 Å². The molecular formula is C23H24N2O5S. The highest BCUT2D eigenvalue weighted by molar-refractivity contribution is 7.89. The van der Waals surface area contributed by atoms with Crippen molar-refractivity contribution in [3.05, 3.63) is 54.1 Å². The molecule has 1 N–H and O–H groups in total. The van der Waals surface area contributed by atoms with Gasteiger partial charge in [-0.2, -0.15) is 4.31 Å². The Bertz CT molecular complexity index is 1210. The molecule has 0 saturated carbocycles. The molecule has 162 valence electrons. The number of aromatic carboxylic acids is 1. The fourth-order valence-electron chi connectivity index (χ4n) is 3.88. The number of methoxy groups -OCH3 is 1. The second kappa shape index (κ2) is 8.64. The van der Waals surface area contributed by atoms with Crippen molar-refractivity contribution in [3.63, 3.8) is 0 Å². The summed E-state index contributed by atoms with van der Waals surface area (Å²) < 4.78 is 33.0. The van der Waals surface area contributed by atoms with Gasteiger partial charge in [0.15, 0.2) is 0 Å². The summed E-state index contributed by atoms with van der Waals surface area (Å²) in [6.07, 6.45) is 3.70. The first kappa shape index (κ1) is 21.3. The Kier molecular flexibility index (Phi) is 5.93. The van der Waals surface area contributed by atoms with E-state index in [-0.39, 0.29) is 10.5 Å². The van der Waals surface area contributed by atoms with Crippen molar-refractivity contribution in [3.8, 4) is 17.0 Å². The highest BCUT2D eigenvalue weighted by Gasteiger charge is 2.26. The molecule has 0 aliphatic carbocycles. The van der Waals surface area contributed by atoms with Gasteiger partial charge in [0.1, 0.15) is 5.75 Å². The number of ether oxygens (including phenoxy) is 1. The molecule has 8 heteroatoms. The van der Waals surface area contributed by atoms with Crippen LogP contribution in [0.1, 0.15) is 36.0 Å². The number of nitrogens with zero attached hydrogens (tertiary/aromatic N) is 2. The lowest BCUT2D eigenvalue weighted by Gasteiger charge is -2.20. The third kappa shape index (κ3) is 4.26. The topological polar surface area (TPSA) is 96.8 Å². The van der Waals surface area contributed by atoms with Gasteiger partial charge in [0.05, 0.1) is 28.8 Å². The monoisotopic (exact) mass is 440 g/mol. The molecule has 1 aliphatic rings. The van der Waals surface area contributed by atoms with Crippen LogP contribution in [0.15, 0.2) is 53.4 Å². The Labute approximate surface area is 181 Å². The highest BCUT2D eigenvalue weighted by Crippen LogP contribution is 2.29. The number of benzene rings is 2. The zero-order valence-corrected chi connectivity index (χ0v) is 18.1. The molecule has 4 rings (SSSR count). The second-order valence-corrected chi connectivity index (χ2v) is 9.52. The minimum atomic E-state index is -3.69. The number of rotatable bonds is 5. The molecule has 0 spiro atoms. The van der Waals surface area contributed by atoms with E-state index < -0.39 is 16.0 Å². The predicted octanol–water partition coefficient (Wildman–Crippen LogP) is 4.17. The molecule has 31 heavy (non-hydrogen) atoms. The molecule has 0 bridgehead atoms. The zero-order valence-electron chi connectivity index (χ0n) is 17.2. The molecule has 1 aliphatic heterocycles. The van der Waals surface area contributed by atoms with Crippen LogP contribution in [-0.4, -0.2) is 49.0 Å². The van der Waals surface area contributed by atoms with Crippen LogP contribution in [0.3, 0.4) is 0 Å². The van der Waals surface area contributed by atoms with Gasteiger partial charge in [0.2, 0.25) is 10.0 Å². The van der Waals surface area contributed by atoms with Crippen LogP contribution in [0.5, 0.6) is 5.75 Å². The Morgan fingerprint density at radius 3 is 2.29 bits per heavy atom. The van der Waals surface area contributed by atoms with E-state index in [1.54, 1.807) is 37.4 Å². The van der Waals surface area contributed by atoms with Crippen molar-refractivity contribution >= 4 is 26.9 Å². The van der Waals surface area contributed by atoms with Gasteiger partial charge in [-0.15, -0.1) is 0 Å². The van der Waals surface area contributed by atoms with Crippen molar-refractivity contribution in [2.45, 2.75) is 30.6 Å². The van der Waals surface area contributed by atoms with Crippen LogP contribution >= 0.6 is 0 Å². The summed E-state index contributed by atoms with van der Waals surface area (Å²) in [5, 5.41) is 10.1. The number of carboxylic acids is 1. The Hall–Kier alpha value is -2.97. The molecule has 3 aromatic rings. The van der Waals surface area contributed by atoms with E-state index in [1.807, 2.05) is 0 Å². The SMILES string of the molecule is COc1ccc(-c2cc(C(=O)O)c3cc(S(=O)(=O)N4CCCCCC4)ccc3n2)cc1. The third-order valence-electron chi connectivity index (χ3n) is 5.60. The van der Waals surface area contributed by atoms with Crippen molar-refractivity contribution < 1.29 is 23.1 Å². The molecule has 0 unspecified atom stereocenters. The average Bonchev–Trinajstić information content (AvgIpc) is 3.08. The summed E-state index contributed by atoms with van der Waals surface area (Å²) in [4.78, 5) is 16.7. The smallest absolute Gasteiger partial charge is 0.336 e. The summed E-state index contributed by atoms with van der Waals surface area (Å²) >= 11 is 0. The molecule has 1 saturated heterocycles. The number of carbonyl (C=O) groups is 1. The second-order valence-electron chi connectivity index (χ2n) is 7.59. The molecule has 2 heterocycles. The number of carboxylic acid groups (broad SMARTS) is 1. The fourth-order valence-corrected chi connectivity index (χ4v) is 5.43. The number of hydrogen-bond donors (Lipinski definition) is 1. The maximum atomic E-state index is 13.2. The van der Waals surface area contributed by atoms with Gasteiger partial charge in [0, 0.05) is 24.0 Å². The zero-order chi connectivity index (χ0) is 22.0. The van der Waals surface area contributed by atoms with E-state index >= 15 is 0 Å². The molecule has 1 aromatic heterocycles. The van der Waals surface area contributed by atoms with Gasteiger partial charge in [-0.1, -0.05) is 12.8 Å². The van der Waals surface area contributed by atoms with E-state index in [0.717, 1.165) is 31.2 Å². The Balaban J connectivity index is 1.80. The average molecular weight is 441 g/mol. The lowest BCUT2D eigenvalue weighted by Crippen LogP contribution is -2.31. The largest absolute Gasteiger partial charge is 0.497 e. The minimum absolute atomic E-state index is 0.0173. The van der Waals surface area contributed by atoms with Crippen molar-refractivity contribution in [1.82, 2.24) is 9.29 Å². The van der Waals surface area contributed by atoms with Crippen LogP contribution in [0, 0.1) is 0 Å². The van der Waals surface area contributed by atoms with Gasteiger partial charge in [0.25, 0.3) is 0 Å². The number of pyridine rings is 1. The summed E-state index contributed by atoms with van der Waals surface area (Å²) in [6, 6.07) is 13.2. The van der Waals surface area contributed by atoms with Crippen LogP contribution in [-0.2, 0) is 10.0 Å². The Morgan fingerprint density at radius 2 is 1.68 bits per heavy atom. The number of aromatic nitrogens is 1.